The highest BCUT2D eigenvalue weighted by Gasteiger charge is 2.28. The first-order valence-electron chi connectivity index (χ1n) is 12.3. The molecule has 2 aromatic rings. The van der Waals surface area contributed by atoms with Gasteiger partial charge in [0.25, 0.3) is 0 Å². The molecule has 0 unspecified atom stereocenters. The smallest absolute Gasteiger partial charge is 0.236 e. The van der Waals surface area contributed by atoms with Gasteiger partial charge in [-0.25, -0.2) is 15.0 Å². The molecule has 5 rings (SSSR count). The first-order chi connectivity index (χ1) is 16.2. The van der Waals surface area contributed by atoms with Crippen molar-refractivity contribution in [2.75, 3.05) is 52.9 Å². The second-order valence-corrected chi connectivity index (χ2v) is 9.39. The Labute approximate surface area is 196 Å². The number of piperazine rings is 1. The molecule has 0 bridgehead atoms. The zero-order chi connectivity index (χ0) is 22.6. The lowest BCUT2D eigenvalue weighted by Crippen LogP contribution is -2.53. The number of nitrogens with zero attached hydrogens (tertiary/aromatic N) is 6. The van der Waals surface area contributed by atoms with Gasteiger partial charge in [-0.05, 0) is 30.9 Å². The standard InChI is InChI=1S/C25H34N6O2/c1-33-23-7-6-20(17-26-23)25-27-16-19-8-10-29(11-9-22(19)28-25)18-24(32)31-14-12-30(13-15-31)21-4-2-3-5-21/h6-7,16-17,21H,2-5,8-15,18H2,1H3. The Bertz CT molecular complexity index is 952. The highest BCUT2D eigenvalue weighted by molar-refractivity contribution is 5.78. The van der Waals surface area contributed by atoms with Crippen molar-refractivity contribution in [2.45, 2.75) is 44.6 Å². The van der Waals surface area contributed by atoms with Crippen molar-refractivity contribution < 1.29 is 9.53 Å². The van der Waals surface area contributed by atoms with Gasteiger partial charge in [-0.3, -0.25) is 14.6 Å². The summed E-state index contributed by atoms with van der Waals surface area (Å²) in [6, 6.07) is 4.51. The molecule has 1 aliphatic carbocycles. The normalized spacial score (nSPS) is 20.5. The summed E-state index contributed by atoms with van der Waals surface area (Å²) in [5, 5.41) is 0. The average Bonchev–Trinajstić information content (AvgIpc) is 3.33. The molecule has 1 amide bonds. The van der Waals surface area contributed by atoms with Crippen molar-refractivity contribution in [1.82, 2.24) is 29.7 Å². The molecule has 0 radical (unpaired) electrons. The van der Waals surface area contributed by atoms with E-state index in [1.165, 1.54) is 31.2 Å². The second-order valence-electron chi connectivity index (χ2n) is 9.39. The van der Waals surface area contributed by atoms with Crippen LogP contribution in [0.4, 0.5) is 0 Å². The summed E-state index contributed by atoms with van der Waals surface area (Å²) >= 11 is 0. The van der Waals surface area contributed by atoms with Crippen LogP contribution < -0.4 is 4.74 Å². The molecule has 4 heterocycles. The van der Waals surface area contributed by atoms with Crippen molar-refractivity contribution in [3.05, 3.63) is 35.8 Å². The molecule has 8 heteroatoms. The molecule has 2 aromatic heterocycles. The highest BCUT2D eigenvalue weighted by Crippen LogP contribution is 2.24. The Morgan fingerprint density at radius 2 is 1.79 bits per heavy atom. The number of hydrogen-bond acceptors (Lipinski definition) is 7. The second kappa shape index (κ2) is 10.1. The summed E-state index contributed by atoms with van der Waals surface area (Å²) in [6.07, 6.45) is 10.8. The van der Waals surface area contributed by atoms with Gasteiger partial charge in [0, 0.05) is 81.4 Å². The SMILES string of the molecule is COc1ccc(-c2ncc3c(n2)CCN(CC(=O)N2CCN(C4CCCC4)CC2)CC3)cn1. The molecule has 0 atom stereocenters. The Hall–Kier alpha value is -2.58. The summed E-state index contributed by atoms with van der Waals surface area (Å²) in [6.45, 7) is 6.01. The van der Waals surface area contributed by atoms with Crippen molar-refractivity contribution in [1.29, 1.82) is 0 Å². The van der Waals surface area contributed by atoms with Crippen LogP contribution in [0.15, 0.2) is 24.5 Å². The topological polar surface area (TPSA) is 74.7 Å². The highest BCUT2D eigenvalue weighted by atomic mass is 16.5. The van der Waals surface area contributed by atoms with Crippen LogP contribution >= 0.6 is 0 Å². The number of fused-ring (bicyclic) bond motifs is 1. The quantitative estimate of drug-likeness (QED) is 0.690. The van der Waals surface area contributed by atoms with E-state index >= 15 is 0 Å². The zero-order valence-electron chi connectivity index (χ0n) is 19.6. The van der Waals surface area contributed by atoms with Crippen LogP contribution in [0.25, 0.3) is 11.4 Å². The van der Waals surface area contributed by atoms with Crippen LogP contribution in [0.1, 0.15) is 36.9 Å². The van der Waals surface area contributed by atoms with Crippen LogP contribution in [0.5, 0.6) is 5.88 Å². The minimum absolute atomic E-state index is 0.267. The molecule has 2 aliphatic heterocycles. The predicted octanol–water partition coefficient (Wildman–Crippen LogP) is 2.03. The lowest BCUT2D eigenvalue weighted by Gasteiger charge is -2.38. The third-order valence-corrected chi connectivity index (χ3v) is 7.39. The summed E-state index contributed by atoms with van der Waals surface area (Å²) in [4.78, 5) is 33.6. The maximum Gasteiger partial charge on any atom is 0.236 e. The Morgan fingerprint density at radius 1 is 1.00 bits per heavy atom. The average molecular weight is 451 g/mol. The molecule has 8 nitrogen and oxygen atoms in total. The number of rotatable bonds is 5. The number of methoxy groups -OCH3 is 1. The number of pyridine rings is 1. The molecular formula is C25H34N6O2. The molecule has 0 spiro atoms. The van der Waals surface area contributed by atoms with Crippen LogP contribution in [0.2, 0.25) is 0 Å². The van der Waals surface area contributed by atoms with E-state index in [1.54, 1.807) is 13.3 Å². The molecule has 2 fully saturated rings. The number of amides is 1. The zero-order valence-corrected chi connectivity index (χ0v) is 19.6. The molecule has 1 saturated heterocycles. The lowest BCUT2D eigenvalue weighted by molar-refractivity contribution is -0.134. The number of aromatic nitrogens is 3. The van der Waals surface area contributed by atoms with E-state index in [-0.39, 0.29) is 5.91 Å². The van der Waals surface area contributed by atoms with E-state index in [1.807, 2.05) is 18.3 Å². The first kappa shape index (κ1) is 22.2. The molecular weight excluding hydrogens is 416 g/mol. The largest absolute Gasteiger partial charge is 0.481 e. The van der Waals surface area contributed by atoms with Gasteiger partial charge in [0.2, 0.25) is 11.8 Å². The van der Waals surface area contributed by atoms with Crippen molar-refractivity contribution >= 4 is 5.91 Å². The van der Waals surface area contributed by atoms with E-state index in [2.05, 4.69) is 24.7 Å². The van der Waals surface area contributed by atoms with Gasteiger partial charge >= 0.3 is 0 Å². The van der Waals surface area contributed by atoms with E-state index in [0.29, 0.717) is 18.2 Å². The summed E-state index contributed by atoms with van der Waals surface area (Å²) in [5.74, 6) is 1.53. The summed E-state index contributed by atoms with van der Waals surface area (Å²) < 4.78 is 5.14. The molecule has 0 aromatic carbocycles. The minimum Gasteiger partial charge on any atom is -0.481 e. The minimum atomic E-state index is 0.267. The van der Waals surface area contributed by atoms with Gasteiger partial charge in [-0.2, -0.15) is 0 Å². The maximum absolute atomic E-state index is 13.0. The molecule has 3 aliphatic rings. The Kier molecular flexibility index (Phi) is 6.83. The van der Waals surface area contributed by atoms with Crippen LogP contribution in [-0.4, -0.2) is 94.5 Å². The number of carbonyl (C=O) groups excluding carboxylic acids is 1. The van der Waals surface area contributed by atoms with Gasteiger partial charge < -0.3 is 9.64 Å². The van der Waals surface area contributed by atoms with E-state index in [0.717, 1.165) is 69.4 Å². The molecule has 0 N–H and O–H groups in total. The lowest BCUT2D eigenvalue weighted by atomic mass is 10.1. The van der Waals surface area contributed by atoms with Gasteiger partial charge in [-0.15, -0.1) is 0 Å². The third kappa shape index (κ3) is 5.17. The summed E-state index contributed by atoms with van der Waals surface area (Å²) in [7, 11) is 1.60. The van der Waals surface area contributed by atoms with E-state index < -0.39 is 0 Å². The number of carbonyl (C=O) groups is 1. The maximum atomic E-state index is 13.0. The van der Waals surface area contributed by atoms with Gasteiger partial charge in [0.15, 0.2) is 5.82 Å². The third-order valence-electron chi connectivity index (χ3n) is 7.39. The van der Waals surface area contributed by atoms with E-state index in [4.69, 9.17) is 9.72 Å². The summed E-state index contributed by atoms with van der Waals surface area (Å²) in [5.41, 5.74) is 3.14. The Morgan fingerprint density at radius 3 is 2.52 bits per heavy atom. The van der Waals surface area contributed by atoms with Gasteiger partial charge in [-0.1, -0.05) is 12.8 Å². The fourth-order valence-electron chi connectivity index (χ4n) is 5.35. The van der Waals surface area contributed by atoms with Crippen LogP contribution in [0.3, 0.4) is 0 Å². The monoisotopic (exact) mass is 450 g/mol. The van der Waals surface area contributed by atoms with Crippen molar-refractivity contribution in [3.63, 3.8) is 0 Å². The first-order valence-corrected chi connectivity index (χ1v) is 12.3. The van der Waals surface area contributed by atoms with Crippen LogP contribution in [-0.2, 0) is 17.6 Å². The number of hydrogen-bond donors (Lipinski definition) is 0. The van der Waals surface area contributed by atoms with Gasteiger partial charge in [0.05, 0.1) is 13.7 Å². The van der Waals surface area contributed by atoms with Crippen molar-refractivity contribution in [3.8, 4) is 17.3 Å². The van der Waals surface area contributed by atoms with E-state index in [9.17, 15) is 4.79 Å². The number of ether oxygens (including phenoxy) is 1. The fourth-order valence-corrected chi connectivity index (χ4v) is 5.35. The molecule has 33 heavy (non-hydrogen) atoms. The molecule has 1 saturated carbocycles. The fraction of sp³-hybridized carbons (Fsp3) is 0.600. The van der Waals surface area contributed by atoms with Crippen LogP contribution in [0, 0.1) is 0 Å². The van der Waals surface area contributed by atoms with Gasteiger partial charge in [0.1, 0.15) is 0 Å². The predicted molar refractivity (Wildman–Crippen MR) is 126 cm³/mol. The molecule has 176 valence electrons. The Balaban J connectivity index is 1.15. The van der Waals surface area contributed by atoms with Crippen molar-refractivity contribution in [2.24, 2.45) is 0 Å².